The monoisotopic (exact) mass is 152 g/mol. The second kappa shape index (κ2) is 3.91. The molecular formula is C8H14N3+. The number of aryl methyl sites for hydroxylation is 1. The van der Waals surface area contributed by atoms with E-state index in [1.807, 2.05) is 12.7 Å². The molecule has 0 spiro atoms. The molecule has 11 heavy (non-hydrogen) atoms. The van der Waals surface area contributed by atoms with Gasteiger partial charge in [-0.1, -0.05) is 24.6 Å². The molecule has 0 fully saturated rings. The molecule has 0 aliphatic heterocycles. The summed E-state index contributed by atoms with van der Waals surface area (Å²) in [4.78, 5) is 0. The molecule has 0 atom stereocenters. The molecule has 1 aromatic heterocycles. The number of unbranched alkanes of at least 4 members (excludes halogenated alkanes) is 1. The van der Waals surface area contributed by atoms with E-state index >= 15 is 0 Å². The van der Waals surface area contributed by atoms with E-state index in [0.717, 1.165) is 6.54 Å². The van der Waals surface area contributed by atoms with E-state index in [9.17, 15) is 0 Å². The van der Waals surface area contributed by atoms with Gasteiger partial charge in [-0.25, -0.2) is 4.57 Å². The van der Waals surface area contributed by atoms with E-state index in [2.05, 4.69) is 23.2 Å². The summed E-state index contributed by atoms with van der Waals surface area (Å²) in [6.45, 7) is 6.84. The van der Waals surface area contributed by atoms with Crippen LogP contribution in [0.5, 0.6) is 0 Å². The van der Waals surface area contributed by atoms with Crippen molar-refractivity contribution in [1.29, 1.82) is 0 Å². The van der Waals surface area contributed by atoms with Gasteiger partial charge in [0.25, 0.3) is 6.33 Å². The molecule has 1 rings (SSSR count). The van der Waals surface area contributed by atoms with Gasteiger partial charge in [-0.05, 0) is 6.42 Å². The summed E-state index contributed by atoms with van der Waals surface area (Å²) in [6, 6.07) is 0. The molecule has 1 heterocycles. The summed E-state index contributed by atoms with van der Waals surface area (Å²) < 4.78 is 3.76. The van der Waals surface area contributed by atoms with Gasteiger partial charge in [0.1, 0.15) is 0 Å². The standard InChI is InChI=1S/C8H14N3/c1-3-5-6-10-7-9-11(4-2)8-10/h4,7-8H,2-3,5-6H2,1H3/q+1. The van der Waals surface area contributed by atoms with E-state index in [-0.39, 0.29) is 0 Å². The van der Waals surface area contributed by atoms with Crippen LogP contribution in [-0.4, -0.2) is 9.78 Å². The van der Waals surface area contributed by atoms with E-state index < -0.39 is 0 Å². The summed E-state index contributed by atoms with van der Waals surface area (Å²) in [5.74, 6) is 0. The average molecular weight is 152 g/mol. The molecule has 0 N–H and O–H groups in total. The molecule has 0 aliphatic carbocycles. The van der Waals surface area contributed by atoms with Gasteiger partial charge < -0.3 is 0 Å². The maximum atomic E-state index is 4.05. The molecule has 0 amide bonds. The molecule has 0 aromatic carbocycles. The Morgan fingerprint density at radius 1 is 1.73 bits per heavy atom. The first kappa shape index (κ1) is 7.98. The maximum absolute atomic E-state index is 4.05. The van der Waals surface area contributed by atoms with Crippen molar-refractivity contribution in [3.63, 3.8) is 0 Å². The molecular weight excluding hydrogens is 138 g/mol. The Kier molecular flexibility index (Phi) is 2.83. The lowest BCUT2D eigenvalue weighted by Gasteiger charge is -1.90. The van der Waals surface area contributed by atoms with Crippen LogP contribution in [0, 0.1) is 0 Å². The lowest BCUT2D eigenvalue weighted by Crippen LogP contribution is -2.30. The Bertz CT molecular complexity index is 227. The molecule has 1 aromatic rings. The van der Waals surface area contributed by atoms with Crippen molar-refractivity contribution >= 4 is 6.20 Å². The molecule has 0 radical (unpaired) electrons. The Morgan fingerprint density at radius 2 is 2.55 bits per heavy atom. The predicted octanol–water partition coefficient (Wildman–Crippen LogP) is 1.07. The van der Waals surface area contributed by atoms with Gasteiger partial charge in [0.05, 0.1) is 12.7 Å². The number of hydrogen-bond donors (Lipinski definition) is 0. The van der Waals surface area contributed by atoms with Crippen molar-refractivity contribution in [2.45, 2.75) is 26.3 Å². The SMILES string of the molecule is C=Cn1c[n+](CCCC)cn1. The molecule has 60 valence electrons. The minimum absolute atomic E-state index is 1.05. The highest BCUT2D eigenvalue weighted by atomic mass is 15.3. The Morgan fingerprint density at radius 3 is 3.09 bits per heavy atom. The van der Waals surface area contributed by atoms with Crippen molar-refractivity contribution in [1.82, 2.24) is 9.78 Å². The fraction of sp³-hybridized carbons (Fsp3) is 0.500. The zero-order valence-corrected chi connectivity index (χ0v) is 6.90. The predicted molar refractivity (Wildman–Crippen MR) is 43.7 cm³/mol. The van der Waals surface area contributed by atoms with Crippen LogP contribution in [0.1, 0.15) is 19.8 Å². The summed E-state index contributed by atoms with van der Waals surface area (Å²) in [7, 11) is 0. The summed E-state index contributed by atoms with van der Waals surface area (Å²) >= 11 is 0. The van der Waals surface area contributed by atoms with E-state index in [0.29, 0.717) is 0 Å². The van der Waals surface area contributed by atoms with Crippen LogP contribution in [0.4, 0.5) is 0 Å². The molecule has 0 saturated heterocycles. The zero-order valence-electron chi connectivity index (χ0n) is 6.90. The topological polar surface area (TPSA) is 21.7 Å². The molecule has 3 heteroatoms. The van der Waals surface area contributed by atoms with Gasteiger partial charge in [-0.2, -0.15) is 0 Å². The van der Waals surface area contributed by atoms with Crippen molar-refractivity contribution in [3.05, 3.63) is 19.2 Å². The van der Waals surface area contributed by atoms with Crippen molar-refractivity contribution < 1.29 is 4.57 Å². The maximum Gasteiger partial charge on any atom is 0.265 e. The minimum Gasteiger partial charge on any atom is -0.237 e. The third-order valence-corrected chi connectivity index (χ3v) is 1.56. The van der Waals surface area contributed by atoms with Gasteiger partial charge in [-0.15, -0.1) is 0 Å². The van der Waals surface area contributed by atoms with Crippen LogP contribution in [0.2, 0.25) is 0 Å². The molecule has 3 nitrogen and oxygen atoms in total. The fourth-order valence-corrected chi connectivity index (χ4v) is 0.888. The third kappa shape index (κ3) is 2.18. The van der Waals surface area contributed by atoms with Crippen molar-refractivity contribution in [2.75, 3.05) is 0 Å². The van der Waals surface area contributed by atoms with Gasteiger partial charge >= 0.3 is 0 Å². The normalized spacial score (nSPS) is 9.91. The molecule has 0 aliphatic rings. The first-order valence-corrected chi connectivity index (χ1v) is 3.92. The fourth-order valence-electron chi connectivity index (χ4n) is 0.888. The second-order valence-corrected chi connectivity index (χ2v) is 2.50. The highest BCUT2D eigenvalue weighted by Crippen LogP contribution is 1.85. The molecule has 0 bridgehead atoms. The minimum atomic E-state index is 1.05. The van der Waals surface area contributed by atoms with Crippen molar-refractivity contribution in [2.24, 2.45) is 0 Å². The van der Waals surface area contributed by atoms with Crippen LogP contribution in [0.25, 0.3) is 6.20 Å². The van der Waals surface area contributed by atoms with Crippen LogP contribution in [0.3, 0.4) is 0 Å². The quantitative estimate of drug-likeness (QED) is 0.591. The highest BCUT2D eigenvalue weighted by molar-refractivity contribution is 5.09. The number of hydrogen-bond acceptors (Lipinski definition) is 1. The van der Waals surface area contributed by atoms with Gasteiger partial charge in [0.15, 0.2) is 0 Å². The van der Waals surface area contributed by atoms with Crippen molar-refractivity contribution in [3.8, 4) is 0 Å². The average Bonchev–Trinajstić information content (AvgIpc) is 2.48. The summed E-state index contributed by atoms with van der Waals surface area (Å²) in [5, 5.41) is 4.05. The number of nitrogens with zero attached hydrogens (tertiary/aromatic N) is 3. The molecule has 0 saturated carbocycles. The van der Waals surface area contributed by atoms with Gasteiger partial charge in [0.2, 0.25) is 6.33 Å². The first-order valence-electron chi connectivity index (χ1n) is 3.92. The molecule has 0 unspecified atom stereocenters. The van der Waals surface area contributed by atoms with Crippen LogP contribution >= 0.6 is 0 Å². The largest absolute Gasteiger partial charge is 0.265 e. The Hall–Kier alpha value is -1.12. The third-order valence-electron chi connectivity index (χ3n) is 1.56. The van der Waals surface area contributed by atoms with Gasteiger partial charge in [0, 0.05) is 5.10 Å². The van der Waals surface area contributed by atoms with E-state index in [1.54, 1.807) is 10.9 Å². The summed E-state index contributed by atoms with van der Waals surface area (Å²) in [6.07, 6.45) is 7.85. The zero-order chi connectivity index (χ0) is 8.10. The highest BCUT2D eigenvalue weighted by Gasteiger charge is 1.99. The Labute approximate surface area is 67.0 Å². The van der Waals surface area contributed by atoms with Gasteiger partial charge in [-0.3, -0.25) is 0 Å². The Balaban J connectivity index is 2.51. The van der Waals surface area contributed by atoms with Crippen LogP contribution in [-0.2, 0) is 6.54 Å². The number of rotatable bonds is 4. The second-order valence-electron chi connectivity index (χ2n) is 2.50. The first-order chi connectivity index (χ1) is 5.36. The van der Waals surface area contributed by atoms with E-state index in [4.69, 9.17) is 0 Å². The lowest BCUT2D eigenvalue weighted by atomic mass is 10.3. The lowest BCUT2D eigenvalue weighted by molar-refractivity contribution is -0.697. The summed E-state index contributed by atoms with van der Waals surface area (Å²) in [5.41, 5.74) is 0. The van der Waals surface area contributed by atoms with Crippen LogP contribution < -0.4 is 4.57 Å². The van der Waals surface area contributed by atoms with Crippen LogP contribution in [0.15, 0.2) is 19.2 Å². The van der Waals surface area contributed by atoms with E-state index in [1.165, 1.54) is 12.8 Å². The smallest absolute Gasteiger partial charge is 0.237 e. The number of aromatic nitrogens is 3.